The number of hydrogen-bond donors (Lipinski definition) is 0. The Balaban J connectivity index is 2.04. The number of fused-ring (bicyclic) bond motifs is 1. The predicted octanol–water partition coefficient (Wildman–Crippen LogP) is 5.23. The smallest absolute Gasteiger partial charge is 0.269 e. The maximum atomic E-state index is 13.5. The van der Waals surface area contributed by atoms with E-state index in [2.05, 4.69) is 51.7 Å². The fourth-order valence-corrected chi connectivity index (χ4v) is 4.81. The van der Waals surface area contributed by atoms with Gasteiger partial charge in [0, 0.05) is 44.4 Å². The first-order chi connectivity index (χ1) is 15.9. The Kier molecular flexibility index (Phi) is 8.51. The van der Waals surface area contributed by atoms with Crippen molar-refractivity contribution in [2.45, 2.75) is 72.6 Å². The zero-order chi connectivity index (χ0) is 24.1. The lowest BCUT2D eigenvalue weighted by Crippen LogP contribution is -2.57. The number of ether oxygens (including phenoxy) is 1. The molecular formula is C26H37N3O3S. The maximum absolute atomic E-state index is 13.5. The Bertz CT molecular complexity index is 907. The highest BCUT2D eigenvalue weighted by Gasteiger charge is 2.42. The van der Waals surface area contributed by atoms with Gasteiger partial charge in [-0.25, -0.2) is 0 Å². The molecule has 0 radical (unpaired) electrons. The number of unbranched alkanes of at least 4 members (excludes halogenated alkanes) is 2. The van der Waals surface area contributed by atoms with Gasteiger partial charge in [-0.1, -0.05) is 39.7 Å². The number of carbonyl (C=O) groups excluding carboxylic acids is 2. The molecule has 2 aliphatic heterocycles. The molecule has 3 rings (SSSR count). The average molecular weight is 472 g/mol. The summed E-state index contributed by atoms with van der Waals surface area (Å²) >= 11 is 5.58. The van der Waals surface area contributed by atoms with Gasteiger partial charge in [0.05, 0.1) is 0 Å². The summed E-state index contributed by atoms with van der Waals surface area (Å²) in [6, 6.07) is 6.26. The summed E-state index contributed by atoms with van der Waals surface area (Å²) in [5.41, 5.74) is 2.32. The summed E-state index contributed by atoms with van der Waals surface area (Å²) in [6.07, 6.45) is 4.06. The molecule has 0 spiro atoms. The molecule has 0 bridgehead atoms. The molecule has 0 saturated carbocycles. The Morgan fingerprint density at radius 2 is 1.58 bits per heavy atom. The molecule has 1 unspecified atom stereocenters. The number of allylic oxidation sites excluding steroid dienone is 1. The molecule has 0 N–H and O–H groups in total. The van der Waals surface area contributed by atoms with Crippen LogP contribution < -0.4 is 9.64 Å². The Hall–Kier alpha value is -2.41. The lowest BCUT2D eigenvalue weighted by molar-refractivity contribution is -0.134. The molecular weight excluding hydrogens is 434 g/mol. The topological polar surface area (TPSA) is 53.1 Å². The van der Waals surface area contributed by atoms with Crippen molar-refractivity contribution in [1.29, 1.82) is 0 Å². The number of nitrogens with zero attached hydrogens (tertiary/aromatic N) is 3. The van der Waals surface area contributed by atoms with Crippen molar-refractivity contribution >= 4 is 34.8 Å². The van der Waals surface area contributed by atoms with E-state index >= 15 is 0 Å². The molecule has 2 heterocycles. The van der Waals surface area contributed by atoms with Gasteiger partial charge < -0.3 is 9.64 Å². The normalized spacial score (nSPS) is 18.6. The van der Waals surface area contributed by atoms with E-state index in [1.807, 2.05) is 6.07 Å². The summed E-state index contributed by atoms with van der Waals surface area (Å²) in [6.45, 7) is 13.3. The Labute approximate surface area is 203 Å². The van der Waals surface area contributed by atoms with E-state index in [1.54, 1.807) is 9.80 Å². The monoisotopic (exact) mass is 471 g/mol. The van der Waals surface area contributed by atoms with Crippen molar-refractivity contribution in [1.82, 2.24) is 9.80 Å². The van der Waals surface area contributed by atoms with Gasteiger partial charge in [-0.05, 0) is 56.5 Å². The lowest BCUT2D eigenvalue weighted by Gasteiger charge is -2.38. The van der Waals surface area contributed by atoms with Crippen molar-refractivity contribution in [3.05, 3.63) is 35.1 Å². The van der Waals surface area contributed by atoms with Crippen LogP contribution in [0.4, 0.5) is 5.69 Å². The van der Waals surface area contributed by atoms with Crippen LogP contribution in [0, 0.1) is 0 Å². The first kappa shape index (κ1) is 25.2. The van der Waals surface area contributed by atoms with Crippen LogP contribution in [0.15, 0.2) is 29.5 Å². The fraction of sp³-hybridized carbons (Fsp3) is 0.577. The van der Waals surface area contributed by atoms with Gasteiger partial charge >= 0.3 is 0 Å². The molecule has 33 heavy (non-hydrogen) atoms. The molecule has 6 nitrogen and oxygen atoms in total. The molecule has 1 saturated heterocycles. The van der Waals surface area contributed by atoms with Crippen LogP contribution in [0.25, 0.3) is 0 Å². The summed E-state index contributed by atoms with van der Waals surface area (Å²) in [5.74, 6) is 0.694. The summed E-state index contributed by atoms with van der Waals surface area (Å²) < 4.78 is 6.32. The van der Waals surface area contributed by atoms with Crippen LogP contribution in [-0.2, 0) is 9.59 Å². The third kappa shape index (κ3) is 5.08. The van der Waals surface area contributed by atoms with Crippen LogP contribution in [0.5, 0.6) is 5.75 Å². The predicted molar refractivity (Wildman–Crippen MR) is 137 cm³/mol. The highest BCUT2D eigenvalue weighted by atomic mass is 32.1. The minimum absolute atomic E-state index is 0.140. The largest absolute Gasteiger partial charge is 0.460 e. The molecule has 0 aliphatic carbocycles. The standard InChI is InChI=1S/C26H37N3O3S/c1-6-10-14-28-24(30)23(25(31)29(26(28)33)15-11-7-2)22-16-18(5)20-13-12-19(17-21(20)32-22)27(8-3)9-4/h12-13,17-18H,6-11,14-16H2,1-5H3. The Morgan fingerprint density at radius 3 is 2.09 bits per heavy atom. The Morgan fingerprint density at radius 1 is 1.00 bits per heavy atom. The van der Waals surface area contributed by atoms with Gasteiger partial charge in [-0.15, -0.1) is 0 Å². The molecule has 1 aromatic rings. The number of thiocarbonyl (C=S) groups is 1. The highest BCUT2D eigenvalue weighted by Crippen LogP contribution is 2.41. The zero-order valence-electron chi connectivity index (χ0n) is 20.6. The number of benzene rings is 1. The van der Waals surface area contributed by atoms with Crippen LogP contribution in [0.2, 0.25) is 0 Å². The number of amides is 2. The summed E-state index contributed by atoms with van der Waals surface area (Å²) in [4.78, 5) is 32.4. The third-order valence-corrected chi connectivity index (χ3v) is 6.95. The van der Waals surface area contributed by atoms with Gasteiger partial charge in [0.25, 0.3) is 11.8 Å². The van der Waals surface area contributed by atoms with Crippen molar-refractivity contribution in [2.75, 3.05) is 31.1 Å². The van der Waals surface area contributed by atoms with Crippen molar-refractivity contribution in [3.8, 4) is 5.75 Å². The molecule has 1 fully saturated rings. The molecule has 2 amide bonds. The molecule has 180 valence electrons. The number of rotatable bonds is 9. The summed E-state index contributed by atoms with van der Waals surface area (Å²) in [7, 11) is 0. The van der Waals surface area contributed by atoms with Crippen molar-refractivity contribution in [2.24, 2.45) is 0 Å². The molecule has 7 heteroatoms. The molecule has 1 aromatic carbocycles. The van der Waals surface area contributed by atoms with Crippen LogP contribution in [-0.4, -0.2) is 52.9 Å². The minimum Gasteiger partial charge on any atom is -0.460 e. The van der Waals surface area contributed by atoms with Crippen LogP contribution >= 0.6 is 12.2 Å². The number of carbonyl (C=O) groups is 2. The number of hydrogen-bond acceptors (Lipinski definition) is 5. The van der Waals surface area contributed by atoms with E-state index in [1.165, 1.54) is 0 Å². The highest BCUT2D eigenvalue weighted by molar-refractivity contribution is 7.80. The quantitative estimate of drug-likeness (QED) is 0.280. The SMILES string of the molecule is CCCCN1C(=O)C(=C2CC(C)c3ccc(N(CC)CC)cc3O2)C(=O)N(CCCC)C1=S. The first-order valence-electron chi connectivity index (χ1n) is 12.3. The maximum Gasteiger partial charge on any atom is 0.269 e. The van der Waals surface area contributed by atoms with E-state index < -0.39 is 0 Å². The van der Waals surface area contributed by atoms with Crippen LogP contribution in [0.3, 0.4) is 0 Å². The van der Waals surface area contributed by atoms with Gasteiger partial charge in [0.1, 0.15) is 17.1 Å². The van der Waals surface area contributed by atoms with E-state index in [0.29, 0.717) is 30.4 Å². The second-order valence-corrected chi connectivity index (χ2v) is 9.17. The molecule has 0 aromatic heterocycles. The van der Waals surface area contributed by atoms with Gasteiger partial charge in [-0.2, -0.15) is 0 Å². The van der Waals surface area contributed by atoms with Gasteiger partial charge in [-0.3, -0.25) is 19.4 Å². The second-order valence-electron chi connectivity index (χ2n) is 8.80. The van der Waals surface area contributed by atoms with Gasteiger partial charge in [0.15, 0.2) is 5.11 Å². The summed E-state index contributed by atoms with van der Waals surface area (Å²) in [5, 5.41) is 0.323. The molecule has 2 aliphatic rings. The number of anilines is 1. The van der Waals surface area contributed by atoms with E-state index in [9.17, 15) is 9.59 Å². The van der Waals surface area contributed by atoms with Crippen LogP contribution in [0.1, 0.15) is 78.2 Å². The minimum atomic E-state index is -0.322. The second kappa shape index (κ2) is 11.1. The third-order valence-electron chi connectivity index (χ3n) is 6.51. The van der Waals surface area contributed by atoms with E-state index in [4.69, 9.17) is 17.0 Å². The first-order valence-corrected chi connectivity index (χ1v) is 12.8. The van der Waals surface area contributed by atoms with Gasteiger partial charge in [0.2, 0.25) is 0 Å². The van der Waals surface area contributed by atoms with Crippen molar-refractivity contribution < 1.29 is 14.3 Å². The van der Waals surface area contributed by atoms with E-state index in [-0.39, 0.29) is 23.3 Å². The lowest BCUT2D eigenvalue weighted by atomic mass is 9.91. The fourth-order valence-electron chi connectivity index (χ4n) is 4.47. The zero-order valence-corrected chi connectivity index (χ0v) is 21.5. The average Bonchev–Trinajstić information content (AvgIpc) is 2.79. The molecule has 1 atom stereocenters. The van der Waals surface area contributed by atoms with Crippen molar-refractivity contribution in [3.63, 3.8) is 0 Å². The van der Waals surface area contributed by atoms with E-state index in [0.717, 1.165) is 55.8 Å².